The first-order valence-corrected chi connectivity index (χ1v) is 17.2. The van der Waals surface area contributed by atoms with E-state index in [0.29, 0.717) is 17.9 Å². The lowest BCUT2D eigenvalue weighted by molar-refractivity contribution is -0.137. The molecule has 1 saturated heterocycles. The van der Waals surface area contributed by atoms with Crippen LogP contribution in [0.5, 0.6) is 5.75 Å². The summed E-state index contributed by atoms with van der Waals surface area (Å²) in [5, 5.41) is 3.46. The molecular formula is C35H28F3N3O5S2. The molecule has 3 aromatic carbocycles. The van der Waals surface area contributed by atoms with Crippen molar-refractivity contribution in [1.29, 1.82) is 0 Å². The lowest BCUT2D eigenvalue weighted by Gasteiger charge is -2.43. The maximum Gasteiger partial charge on any atom is 0.416 e. The number of nitrogens with zero attached hydrogens (tertiary/aromatic N) is 1. The maximum absolute atomic E-state index is 14.0. The minimum Gasteiger partial charge on any atom is -0.484 e. The van der Waals surface area contributed by atoms with Crippen LogP contribution >= 0.6 is 23.1 Å². The Morgan fingerprint density at radius 2 is 1.73 bits per heavy atom. The van der Waals surface area contributed by atoms with Crippen LogP contribution in [0, 0.1) is 36.5 Å². The van der Waals surface area contributed by atoms with Crippen molar-refractivity contribution in [1.82, 2.24) is 4.98 Å². The van der Waals surface area contributed by atoms with Crippen molar-refractivity contribution in [3.63, 3.8) is 0 Å². The van der Waals surface area contributed by atoms with Gasteiger partial charge in [0, 0.05) is 21.7 Å². The summed E-state index contributed by atoms with van der Waals surface area (Å²) in [5.41, 5.74) is 1.54. The molecule has 13 heteroatoms. The first-order chi connectivity index (χ1) is 23.0. The number of thioether (sulfide) groups is 1. The highest BCUT2D eigenvalue weighted by molar-refractivity contribution is 8.00. The number of imide groups is 1. The van der Waals surface area contributed by atoms with Gasteiger partial charge >= 0.3 is 11.0 Å². The number of nitrogens with one attached hydrogen (secondary N) is 2. The molecule has 8 rings (SSSR count). The van der Waals surface area contributed by atoms with E-state index in [4.69, 9.17) is 4.74 Å². The summed E-state index contributed by atoms with van der Waals surface area (Å²) in [6.07, 6.45) is -3.98. The van der Waals surface area contributed by atoms with Crippen LogP contribution < -0.4 is 19.8 Å². The molecule has 4 aromatic rings. The van der Waals surface area contributed by atoms with Crippen molar-refractivity contribution < 1.29 is 32.3 Å². The number of anilines is 2. The number of rotatable bonds is 6. The Balaban J connectivity index is 1.09. The molecule has 6 unspecified atom stereocenters. The van der Waals surface area contributed by atoms with E-state index in [1.54, 1.807) is 12.1 Å². The smallest absolute Gasteiger partial charge is 0.416 e. The monoisotopic (exact) mass is 691 g/mol. The largest absolute Gasteiger partial charge is 0.484 e. The van der Waals surface area contributed by atoms with Gasteiger partial charge in [0.05, 0.1) is 28.1 Å². The number of aromatic amines is 1. The summed E-state index contributed by atoms with van der Waals surface area (Å²) in [6, 6.07) is 19.2. The van der Waals surface area contributed by atoms with E-state index in [0.717, 1.165) is 49.4 Å². The fourth-order valence-electron chi connectivity index (χ4n) is 8.33. The third kappa shape index (κ3) is 5.06. The van der Waals surface area contributed by atoms with Crippen LogP contribution in [0.4, 0.5) is 24.5 Å². The third-order valence-electron chi connectivity index (χ3n) is 10.0. The molecule has 48 heavy (non-hydrogen) atoms. The van der Waals surface area contributed by atoms with Gasteiger partial charge in [-0.1, -0.05) is 41.7 Å². The van der Waals surface area contributed by atoms with Crippen molar-refractivity contribution >= 4 is 52.2 Å². The van der Waals surface area contributed by atoms with Crippen LogP contribution in [-0.2, 0) is 20.6 Å². The zero-order valence-electron chi connectivity index (χ0n) is 25.3. The number of thiazole rings is 1. The van der Waals surface area contributed by atoms with Gasteiger partial charge in [-0.15, -0.1) is 11.8 Å². The van der Waals surface area contributed by atoms with E-state index in [9.17, 15) is 32.3 Å². The summed E-state index contributed by atoms with van der Waals surface area (Å²) >= 11 is 2.64. The molecule has 2 N–H and O–H groups in total. The van der Waals surface area contributed by atoms with Gasteiger partial charge in [0.15, 0.2) is 6.61 Å². The second-order valence-electron chi connectivity index (χ2n) is 12.8. The minimum atomic E-state index is -4.62. The number of hydrogen-bond donors (Lipinski definition) is 2. The van der Waals surface area contributed by atoms with Crippen LogP contribution in [0.25, 0.3) is 0 Å². The molecule has 2 aliphatic heterocycles. The quantitative estimate of drug-likeness (QED) is 0.225. The second kappa shape index (κ2) is 11.4. The second-order valence-corrected chi connectivity index (χ2v) is 15.0. The number of halogens is 3. The molecule has 2 bridgehead atoms. The number of carbonyl (C=O) groups excluding carboxylic acids is 3. The van der Waals surface area contributed by atoms with Gasteiger partial charge in [0.25, 0.3) is 5.91 Å². The predicted octanol–water partition coefficient (Wildman–Crippen LogP) is 6.46. The van der Waals surface area contributed by atoms with Crippen LogP contribution in [0.15, 0.2) is 82.6 Å². The Hall–Kier alpha value is -4.36. The molecule has 1 aromatic heterocycles. The zero-order valence-corrected chi connectivity index (χ0v) is 27.0. The van der Waals surface area contributed by atoms with E-state index in [2.05, 4.69) is 10.3 Å². The SMILES string of the molecule is Cc1cccc(NC(=O)COc2cccc([C@H]3c4sc(=O)[nH]c4SC4C5CC(C6C(=O)N(c7cccc(C(F)(F)F)c7)C(=O)C56)C43)c2)c1. The summed E-state index contributed by atoms with van der Waals surface area (Å²) in [7, 11) is 0. The molecule has 0 spiro atoms. The molecule has 2 saturated carbocycles. The van der Waals surface area contributed by atoms with Crippen LogP contribution in [0.2, 0.25) is 0 Å². The highest BCUT2D eigenvalue weighted by Gasteiger charge is 2.69. The van der Waals surface area contributed by atoms with E-state index in [1.165, 1.54) is 23.9 Å². The fraction of sp³-hybridized carbons (Fsp3) is 0.314. The summed E-state index contributed by atoms with van der Waals surface area (Å²) in [6.45, 7) is 1.71. The van der Waals surface area contributed by atoms with Crippen molar-refractivity contribution in [2.24, 2.45) is 29.6 Å². The number of alkyl halides is 3. The Morgan fingerprint density at radius 1 is 0.979 bits per heavy atom. The van der Waals surface area contributed by atoms with E-state index < -0.39 is 35.4 Å². The Labute approximate surface area is 280 Å². The van der Waals surface area contributed by atoms with E-state index in [1.807, 2.05) is 43.3 Å². The third-order valence-corrected chi connectivity index (χ3v) is 12.6. The highest BCUT2D eigenvalue weighted by atomic mass is 32.2. The van der Waals surface area contributed by atoms with Crippen LogP contribution in [0.1, 0.15) is 33.9 Å². The van der Waals surface area contributed by atoms with Gasteiger partial charge in [-0.2, -0.15) is 13.2 Å². The highest BCUT2D eigenvalue weighted by Crippen LogP contribution is 2.68. The maximum atomic E-state index is 14.0. The number of hydrogen-bond acceptors (Lipinski definition) is 7. The number of carbonyl (C=O) groups is 3. The lowest BCUT2D eigenvalue weighted by Crippen LogP contribution is -2.42. The number of ether oxygens (including phenoxy) is 1. The van der Waals surface area contributed by atoms with Crippen LogP contribution in [-0.4, -0.2) is 34.6 Å². The molecule has 3 fully saturated rings. The van der Waals surface area contributed by atoms with Gasteiger partial charge in [0.1, 0.15) is 5.75 Å². The van der Waals surface area contributed by atoms with Crippen molar-refractivity contribution in [2.45, 2.75) is 35.7 Å². The lowest BCUT2D eigenvalue weighted by atomic mass is 9.68. The Bertz CT molecular complexity index is 2040. The molecule has 4 aliphatic rings. The number of amides is 3. The van der Waals surface area contributed by atoms with Crippen molar-refractivity contribution in [2.75, 3.05) is 16.8 Å². The molecule has 7 atom stereocenters. The zero-order chi connectivity index (χ0) is 33.5. The van der Waals surface area contributed by atoms with Gasteiger partial charge in [-0.05, 0) is 84.7 Å². The Morgan fingerprint density at radius 3 is 2.50 bits per heavy atom. The predicted molar refractivity (Wildman–Crippen MR) is 174 cm³/mol. The molecule has 3 heterocycles. The normalized spacial score (nSPS) is 27.1. The number of aromatic nitrogens is 1. The number of benzene rings is 3. The topological polar surface area (TPSA) is 109 Å². The fourth-order valence-corrected chi connectivity index (χ4v) is 11.2. The Kier molecular flexibility index (Phi) is 7.33. The average molecular weight is 692 g/mol. The van der Waals surface area contributed by atoms with E-state index >= 15 is 0 Å². The number of H-pyrrole nitrogens is 1. The molecular weight excluding hydrogens is 664 g/mol. The van der Waals surface area contributed by atoms with E-state index in [-0.39, 0.29) is 52.0 Å². The first-order valence-electron chi connectivity index (χ1n) is 15.5. The van der Waals surface area contributed by atoms with Crippen molar-refractivity contribution in [3.05, 3.63) is 104 Å². The van der Waals surface area contributed by atoms with Gasteiger partial charge < -0.3 is 15.0 Å². The molecule has 3 amide bonds. The summed E-state index contributed by atoms with van der Waals surface area (Å²) in [5.74, 6) is -2.89. The molecule has 8 nitrogen and oxygen atoms in total. The van der Waals surface area contributed by atoms with Crippen molar-refractivity contribution in [3.8, 4) is 5.75 Å². The number of fused-ring (bicyclic) bond motifs is 9. The van der Waals surface area contributed by atoms with Gasteiger partial charge in [0.2, 0.25) is 11.8 Å². The minimum absolute atomic E-state index is 0.0690. The number of aryl methyl sites for hydroxylation is 1. The average Bonchev–Trinajstić information content (AvgIpc) is 3.78. The molecule has 2 aliphatic carbocycles. The molecule has 0 radical (unpaired) electrons. The van der Waals surface area contributed by atoms with Crippen LogP contribution in [0.3, 0.4) is 0 Å². The molecule has 246 valence electrons. The summed E-state index contributed by atoms with van der Waals surface area (Å²) in [4.78, 5) is 57.6. The first kappa shape index (κ1) is 30.9. The van der Waals surface area contributed by atoms with Gasteiger partial charge in [-0.25, -0.2) is 0 Å². The van der Waals surface area contributed by atoms with Gasteiger partial charge in [-0.3, -0.25) is 24.1 Å². The standard InChI is InChI=1S/C35H28F3N3O5S2/c1-16-5-2-8-19(11-16)39-24(42)15-46-21-10-3-6-17(12-21)25-26-22-14-23(29(26)47-31-30(25)48-34(45)40-31)28-27(22)32(43)41(33(28)44)20-9-4-7-18(13-20)35(36,37)38/h2-13,22-23,25-29H,14-15H2,1H3,(H,39,42)(H,40,45)/t22?,23?,25-,26?,27?,28?,29?/m1/s1. The summed E-state index contributed by atoms with van der Waals surface area (Å²) < 4.78 is 46.5.